The highest BCUT2D eigenvalue weighted by molar-refractivity contribution is 6.74. The van der Waals surface area contributed by atoms with Crippen LogP contribution in [-0.2, 0) is 22.1 Å². The summed E-state index contributed by atoms with van der Waals surface area (Å²) in [7, 11) is -1.74. The van der Waals surface area contributed by atoms with Crippen molar-refractivity contribution in [1.29, 1.82) is 0 Å². The molecule has 3 N–H and O–H groups in total. The molecule has 3 heterocycles. The van der Waals surface area contributed by atoms with Crippen LogP contribution in [0.25, 0.3) is 11.1 Å². The Morgan fingerprint density at radius 1 is 1.05 bits per heavy atom. The number of aromatic nitrogens is 1. The smallest absolute Gasteiger partial charge is 0.191 e. The third-order valence-corrected chi connectivity index (χ3v) is 13.0. The minimum Gasteiger partial charge on any atom is -0.416 e. The highest BCUT2D eigenvalue weighted by atomic mass is 28.4. The number of aliphatic hydroxyl groups is 2. The van der Waals surface area contributed by atoms with Gasteiger partial charge in [-0.3, -0.25) is 10.4 Å². The monoisotopic (exact) mass is 562 g/mol. The molecular formula is C31H42N4O4Si. The molecule has 0 amide bonds. The number of hydrazine groups is 1. The summed E-state index contributed by atoms with van der Waals surface area (Å²) in [6.45, 7) is 14.4. The van der Waals surface area contributed by atoms with E-state index in [1.165, 1.54) is 5.56 Å². The van der Waals surface area contributed by atoms with Crippen LogP contribution in [0.3, 0.4) is 0 Å². The Bertz CT molecular complexity index is 1330. The Morgan fingerprint density at radius 2 is 1.75 bits per heavy atom. The number of hydrogen-bond acceptors (Lipinski definition) is 7. The van der Waals surface area contributed by atoms with Crippen LogP contribution in [0.2, 0.25) is 18.1 Å². The van der Waals surface area contributed by atoms with Gasteiger partial charge in [-0.1, -0.05) is 63.2 Å². The van der Waals surface area contributed by atoms with Crippen molar-refractivity contribution in [3.63, 3.8) is 0 Å². The number of hydrogen-bond donors (Lipinski definition) is 3. The number of aliphatic hydroxyl groups excluding tert-OH is 2. The molecule has 214 valence electrons. The zero-order valence-electron chi connectivity index (χ0n) is 24.3. The van der Waals surface area contributed by atoms with E-state index in [1.54, 1.807) is 13.3 Å². The van der Waals surface area contributed by atoms with Crippen molar-refractivity contribution in [2.75, 3.05) is 12.0 Å². The fraction of sp³-hybridized carbons (Fsp3) is 0.452. The fourth-order valence-electron chi connectivity index (χ4n) is 4.93. The van der Waals surface area contributed by atoms with Crippen molar-refractivity contribution in [2.24, 2.45) is 4.99 Å². The molecule has 1 fully saturated rings. The molecule has 2 aliphatic rings. The number of aliphatic imine (C=N–C) groups is 1. The minimum atomic E-state index is -1.74. The van der Waals surface area contributed by atoms with Crippen LogP contribution in [0, 0.1) is 0 Å². The molecule has 0 spiro atoms. The van der Waals surface area contributed by atoms with Crippen LogP contribution in [0.15, 0.2) is 65.8 Å². The van der Waals surface area contributed by atoms with Crippen molar-refractivity contribution < 1.29 is 19.4 Å². The molecule has 1 aromatic heterocycles. The van der Waals surface area contributed by atoms with Gasteiger partial charge in [-0.15, -0.1) is 0 Å². The Hall–Kier alpha value is -2.95. The van der Waals surface area contributed by atoms with Gasteiger partial charge in [0.15, 0.2) is 14.5 Å². The van der Waals surface area contributed by atoms with E-state index in [-0.39, 0.29) is 5.04 Å². The predicted octanol–water partition coefficient (Wildman–Crippen LogP) is 5.86. The lowest BCUT2D eigenvalue weighted by molar-refractivity contribution is -0.0308. The van der Waals surface area contributed by atoms with Gasteiger partial charge in [-0.25, -0.2) is 4.99 Å². The molecule has 5 rings (SSSR count). The summed E-state index contributed by atoms with van der Waals surface area (Å²) >= 11 is 0. The maximum absolute atomic E-state index is 10.7. The summed E-state index contributed by atoms with van der Waals surface area (Å²) in [5, 5.41) is 23.2. The van der Waals surface area contributed by atoms with Gasteiger partial charge in [-0.2, -0.15) is 0 Å². The lowest BCUT2D eigenvalue weighted by Crippen LogP contribution is -2.41. The molecule has 9 heteroatoms. The Balaban J connectivity index is 1.30. The van der Waals surface area contributed by atoms with Gasteiger partial charge < -0.3 is 23.9 Å². The van der Waals surface area contributed by atoms with E-state index in [4.69, 9.17) is 14.2 Å². The number of ether oxygens (including phenoxy) is 1. The molecule has 8 nitrogen and oxygen atoms in total. The highest BCUT2D eigenvalue weighted by Gasteiger charge is 2.43. The second kappa shape index (κ2) is 11.1. The van der Waals surface area contributed by atoms with Gasteiger partial charge in [0.25, 0.3) is 0 Å². The average molecular weight is 563 g/mol. The predicted molar refractivity (Wildman–Crippen MR) is 162 cm³/mol. The van der Waals surface area contributed by atoms with Crippen molar-refractivity contribution in [3.05, 3.63) is 71.9 Å². The van der Waals surface area contributed by atoms with Crippen LogP contribution in [0.5, 0.6) is 0 Å². The summed E-state index contributed by atoms with van der Waals surface area (Å²) in [6, 6.07) is 18.6. The van der Waals surface area contributed by atoms with E-state index in [0.717, 1.165) is 41.2 Å². The first-order valence-electron chi connectivity index (χ1n) is 14.1. The first-order chi connectivity index (χ1) is 18.9. The number of rotatable bonds is 8. The van der Waals surface area contributed by atoms with Gasteiger partial charge in [0.1, 0.15) is 24.4 Å². The van der Waals surface area contributed by atoms with Crippen molar-refractivity contribution in [1.82, 2.24) is 9.58 Å². The van der Waals surface area contributed by atoms with Gasteiger partial charge >= 0.3 is 0 Å². The van der Waals surface area contributed by atoms with E-state index in [9.17, 15) is 10.2 Å². The molecule has 0 radical (unpaired) electrons. The lowest BCUT2D eigenvalue weighted by Gasteiger charge is -2.36. The number of nitrogens with zero attached hydrogens (tertiary/aromatic N) is 3. The topological polar surface area (TPSA) is 91.5 Å². The zero-order chi connectivity index (χ0) is 28.7. The molecule has 1 saturated heterocycles. The van der Waals surface area contributed by atoms with E-state index >= 15 is 0 Å². The van der Waals surface area contributed by atoms with Crippen molar-refractivity contribution >= 4 is 26.2 Å². The van der Waals surface area contributed by atoms with Gasteiger partial charge in [0.2, 0.25) is 0 Å². The molecule has 3 aromatic rings. The standard InChI is InChI=1S/C31H42N4O4Si/c1-21-27(36)28(37)30(39-21)35-19-25(23-10-8-7-9-11-23)26-18-34(20-32-29(26)35)33-24-14-12-22(13-15-24)16-17-38-40(5,6)31(2,3)4/h7-15,19-21,27-28,30,33,36-37H,16-18H2,1-6H3/t21-,27-,28-,30-/m1/s1. The summed E-state index contributed by atoms with van der Waals surface area (Å²) < 4.78 is 14.1. The molecule has 0 unspecified atom stereocenters. The first-order valence-corrected chi connectivity index (χ1v) is 17.0. The number of nitrogens with one attached hydrogen (secondary N) is 1. The summed E-state index contributed by atoms with van der Waals surface area (Å²) in [5.74, 6) is 0.722. The Labute approximate surface area is 238 Å². The second-order valence-electron chi connectivity index (χ2n) is 12.4. The molecule has 2 aliphatic heterocycles. The molecule has 0 saturated carbocycles. The Morgan fingerprint density at radius 3 is 2.38 bits per heavy atom. The van der Waals surface area contributed by atoms with E-state index in [2.05, 4.69) is 75.7 Å². The second-order valence-corrected chi connectivity index (χ2v) is 17.2. The first kappa shape index (κ1) is 28.6. The van der Waals surface area contributed by atoms with Gasteiger partial charge in [0, 0.05) is 23.9 Å². The van der Waals surface area contributed by atoms with Crippen LogP contribution in [0.1, 0.15) is 45.0 Å². The largest absolute Gasteiger partial charge is 0.416 e. The quantitative estimate of drug-likeness (QED) is 0.298. The van der Waals surface area contributed by atoms with Crippen molar-refractivity contribution in [3.8, 4) is 11.1 Å². The number of anilines is 1. The van der Waals surface area contributed by atoms with Crippen LogP contribution < -0.4 is 5.43 Å². The molecule has 0 bridgehead atoms. The highest BCUT2D eigenvalue weighted by Crippen LogP contribution is 2.41. The van der Waals surface area contributed by atoms with E-state index < -0.39 is 32.9 Å². The molecule has 0 aliphatic carbocycles. The maximum Gasteiger partial charge on any atom is 0.191 e. The lowest BCUT2D eigenvalue weighted by atomic mass is 10.0. The number of fused-ring (bicyclic) bond motifs is 1. The maximum atomic E-state index is 10.7. The summed E-state index contributed by atoms with van der Waals surface area (Å²) in [4.78, 5) is 4.76. The Kier molecular flexibility index (Phi) is 7.96. The van der Waals surface area contributed by atoms with E-state index in [1.807, 2.05) is 34.0 Å². The third-order valence-electron chi connectivity index (χ3n) is 8.48. The fourth-order valence-corrected chi connectivity index (χ4v) is 5.97. The summed E-state index contributed by atoms with van der Waals surface area (Å²) in [5.41, 5.74) is 8.76. The van der Waals surface area contributed by atoms with E-state index in [0.29, 0.717) is 6.54 Å². The molecule has 40 heavy (non-hydrogen) atoms. The van der Waals surface area contributed by atoms with Crippen LogP contribution in [-0.4, -0.2) is 59.4 Å². The molecular weight excluding hydrogens is 520 g/mol. The molecule has 2 aromatic carbocycles. The third kappa shape index (κ3) is 5.75. The van der Waals surface area contributed by atoms with Crippen molar-refractivity contribution in [2.45, 2.75) is 83.3 Å². The minimum absolute atomic E-state index is 0.210. The normalized spacial score (nSPS) is 22.9. The number of benzene rings is 2. The van der Waals surface area contributed by atoms with Gasteiger partial charge in [-0.05, 0) is 54.7 Å². The van der Waals surface area contributed by atoms with Gasteiger partial charge in [0.05, 0.1) is 18.3 Å². The molecule has 4 atom stereocenters. The van der Waals surface area contributed by atoms with Crippen LogP contribution >= 0.6 is 0 Å². The average Bonchev–Trinajstić information content (AvgIpc) is 3.41. The van der Waals surface area contributed by atoms with Crippen LogP contribution in [0.4, 0.5) is 11.5 Å². The summed E-state index contributed by atoms with van der Waals surface area (Å²) in [6.07, 6.45) is 1.46. The zero-order valence-corrected chi connectivity index (χ0v) is 25.3. The SMILES string of the molecule is C[C@H]1O[C@@H](n2cc(-c3ccccc3)c3c2N=CN(Nc2ccc(CCO[Si](C)(C)C(C)(C)C)cc2)C3)[C@H](O)[C@@H]1O.